The van der Waals surface area contributed by atoms with Crippen LogP contribution in [0.5, 0.6) is 0 Å². The minimum absolute atomic E-state index is 0.0694. The van der Waals surface area contributed by atoms with Crippen molar-refractivity contribution in [3.63, 3.8) is 0 Å². The van der Waals surface area contributed by atoms with Crippen molar-refractivity contribution in [1.82, 2.24) is 29.5 Å². The number of nitrogens with zero attached hydrogens (tertiary/aromatic N) is 6. The van der Waals surface area contributed by atoms with Gasteiger partial charge in [0.05, 0.1) is 11.4 Å². The van der Waals surface area contributed by atoms with Crippen LogP contribution in [0.25, 0.3) is 11.4 Å². The number of hydrogen-bond donors (Lipinski definition) is 0. The van der Waals surface area contributed by atoms with E-state index in [0.717, 1.165) is 30.5 Å². The summed E-state index contributed by atoms with van der Waals surface area (Å²) in [6.07, 6.45) is 4.96. The number of aromatic nitrogens is 5. The molecule has 0 bridgehead atoms. The molecule has 3 heterocycles. The first-order chi connectivity index (χ1) is 13.5. The molecule has 0 amide bonds. The first-order valence-corrected chi connectivity index (χ1v) is 10.4. The van der Waals surface area contributed by atoms with Crippen LogP contribution in [0.2, 0.25) is 0 Å². The first-order valence-electron chi connectivity index (χ1n) is 8.96. The zero-order valence-electron chi connectivity index (χ0n) is 15.0. The number of piperidine rings is 1. The Balaban J connectivity index is 1.46. The molecule has 1 saturated heterocycles. The van der Waals surface area contributed by atoms with E-state index in [0.29, 0.717) is 25.5 Å². The van der Waals surface area contributed by atoms with Crippen molar-refractivity contribution in [2.75, 3.05) is 13.1 Å². The smallest absolute Gasteiger partial charge is 0.243 e. The second-order valence-electron chi connectivity index (χ2n) is 6.73. The molecule has 2 aromatic heterocycles. The third kappa shape index (κ3) is 3.92. The van der Waals surface area contributed by atoms with E-state index >= 15 is 0 Å². The fourth-order valence-corrected chi connectivity index (χ4v) is 4.87. The van der Waals surface area contributed by atoms with Crippen LogP contribution in [0.15, 0.2) is 53.7 Å². The average molecular weight is 402 g/mol. The highest BCUT2D eigenvalue weighted by Crippen LogP contribution is 2.25. The summed E-state index contributed by atoms with van der Waals surface area (Å²) in [5.74, 6) is 0.0942. The maximum Gasteiger partial charge on any atom is 0.243 e. The average Bonchev–Trinajstić information content (AvgIpc) is 3.18. The molecule has 0 spiro atoms. The molecule has 0 unspecified atom stereocenters. The highest BCUT2D eigenvalue weighted by atomic mass is 32.2. The zero-order valence-corrected chi connectivity index (χ0v) is 15.8. The number of rotatable bonds is 5. The minimum Gasteiger partial charge on any atom is -0.264 e. The van der Waals surface area contributed by atoms with Gasteiger partial charge in [0.2, 0.25) is 15.8 Å². The largest absolute Gasteiger partial charge is 0.264 e. The summed E-state index contributed by atoms with van der Waals surface area (Å²) < 4.78 is 40.2. The van der Waals surface area contributed by atoms with Crippen molar-refractivity contribution in [2.45, 2.75) is 24.3 Å². The summed E-state index contributed by atoms with van der Waals surface area (Å²) in [4.78, 5) is 5.65. The molecule has 1 aromatic carbocycles. The van der Waals surface area contributed by atoms with E-state index < -0.39 is 15.8 Å². The van der Waals surface area contributed by atoms with Gasteiger partial charge in [-0.3, -0.25) is 4.98 Å². The summed E-state index contributed by atoms with van der Waals surface area (Å²) in [6, 6.07) is 8.57. The Kier molecular flexibility index (Phi) is 5.14. The van der Waals surface area contributed by atoms with Crippen molar-refractivity contribution < 1.29 is 12.8 Å². The molecule has 4 rings (SSSR count). The van der Waals surface area contributed by atoms with Gasteiger partial charge in [0.25, 0.3) is 0 Å². The van der Waals surface area contributed by atoms with Crippen LogP contribution < -0.4 is 0 Å². The van der Waals surface area contributed by atoms with Crippen LogP contribution in [0, 0.1) is 11.7 Å². The Morgan fingerprint density at radius 1 is 1.18 bits per heavy atom. The molecule has 0 saturated carbocycles. The molecule has 28 heavy (non-hydrogen) atoms. The Labute approximate surface area is 162 Å². The number of pyridine rings is 1. The van der Waals surface area contributed by atoms with E-state index in [1.165, 1.54) is 21.2 Å². The number of halogens is 1. The fourth-order valence-electron chi connectivity index (χ4n) is 3.31. The lowest BCUT2D eigenvalue weighted by molar-refractivity contribution is 0.231. The van der Waals surface area contributed by atoms with Gasteiger partial charge in [-0.25, -0.2) is 12.8 Å². The minimum atomic E-state index is -3.65. The summed E-state index contributed by atoms with van der Waals surface area (Å²) in [6.45, 7) is 1.29. The normalized spacial score (nSPS) is 18.2. The molecule has 1 fully saturated rings. The van der Waals surface area contributed by atoms with Crippen molar-refractivity contribution in [3.8, 4) is 11.4 Å². The van der Waals surface area contributed by atoms with E-state index in [1.807, 2.05) is 6.07 Å². The van der Waals surface area contributed by atoms with Gasteiger partial charge >= 0.3 is 0 Å². The molecular formula is C18H19FN6O2S. The molecular weight excluding hydrogens is 383 g/mol. The van der Waals surface area contributed by atoms with Crippen LogP contribution in [0.4, 0.5) is 4.39 Å². The lowest BCUT2D eigenvalue weighted by Gasteiger charge is -2.31. The summed E-state index contributed by atoms with van der Waals surface area (Å²) in [5.41, 5.74) is 0.776. The van der Waals surface area contributed by atoms with Crippen LogP contribution >= 0.6 is 0 Å². The number of tetrazole rings is 1. The van der Waals surface area contributed by atoms with Crippen LogP contribution in [-0.4, -0.2) is 51.0 Å². The highest BCUT2D eigenvalue weighted by Gasteiger charge is 2.30. The third-order valence-electron chi connectivity index (χ3n) is 4.73. The second-order valence-corrected chi connectivity index (χ2v) is 8.67. The van der Waals surface area contributed by atoms with Crippen molar-refractivity contribution in [1.29, 1.82) is 0 Å². The summed E-state index contributed by atoms with van der Waals surface area (Å²) in [7, 11) is -3.65. The highest BCUT2D eigenvalue weighted by molar-refractivity contribution is 7.89. The SMILES string of the molecule is O=S(=O)(c1ccc(F)cc1)N1CCC[C@H](Cn2nnc(-c3cccnc3)n2)C1. The lowest BCUT2D eigenvalue weighted by Crippen LogP contribution is -2.41. The molecule has 10 heteroatoms. The summed E-state index contributed by atoms with van der Waals surface area (Å²) in [5, 5.41) is 12.5. The topological polar surface area (TPSA) is 93.9 Å². The van der Waals surface area contributed by atoms with Crippen molar-refractivity contribution in [3.05, 3.63) is 54.6 Å². The Morgan fingerprint density at radius 2 is 2.00 bits per heavy atom. The molecule has 1 aliphatic rings. The zero-order chi connectivity index (χ0) is 19.6. The molecule has 0 radical (unpaired) electrons. The van der Waals surface area contributed by atoms with E-state index in [-0.39, 0.29) is 10.8 Å². The van der Waals surface area contributed by atoms with E-state index in [9.17, 15) is 12.8 Å². The maximum atomic E-state index is 13.1. The number of hydrogen-bond acceptors (Lipinski definition) is 6. The predicted molar refractivity (Wildman–Crippen MR) is 98.9 cm³/mol. The molecule has 1 atom stereocenters. The monoisotopic (exact) mass is 402 g/mol. The van der Waals surface area contributed by atoms with Crippen LogP contribution in [0.3, 0.4) is 0 Å². The van der Waals surface area contributed by atoms with Crippen molar-refractivity contribution >= 4 is 10.0 Å². The van der Waals surface area contributed by atoms with Gasteiger partial charge < -0.3 is 0 Å². The fraction of sp³-hybridized carbons (Fsp3) is 0.333. The lowest BCUT2D eigenvalue weighted by atomic mass is 10.00. The van der Waals surface area contributed by atoms with E-state index in [1.54, 1.807) is 18.5 Å². The molecule has 8 nitrogen and oxygen atoms in total. The predicted octanol–water partition coefficient (Wildman–Crippen LogP) is 1.98. The summed E-state index contributed by atoms with van der Waals surface area (Å²) >= 11 is 0. The van der Waals surface area contributed by atoms with Gasteiger partial charge in [-0.15, -0.1) is 10.2 Å². The second kappa shape index (κ2) is 7.72. The van der Waals surface area contributed by atoms with Gasteiger partial charge in [0.15, 0.2) is 0 Å². The quantitative estimate of drug-likeness (QED) is 0.648. The molecule has 1 aliphatic heterocycles. The van der Waals surface area contributed by atoms with E-state index in [4.69, 9.17) is 0 Å². The number of benzene rings is 1. The number of sulfonamides is 1. The first kappa shape index (κ1) is 18.6. The molecule has 0 N–H and O–H groups in total. The van der Waals surface area contributed by atoms with Gasteiger partial charge in [0, 0.05) is 31.0 Å². The van der Waals surface area contributed by atoms with Crippen molar-refractivity contribution in [2.24, 2.45) is 5.92 Å². The van der Waals surface area contributed by atoms with Gasteiger partial charge in [-0.05, 0) is 60.4 Å². The van der Waals surface area contributed by atoms with Gasteiger partial charge in [-0.2, -0.15) is 9.10 Å². The Bertz CT molecular complexity index is 1040. The maximum absolute atomic E-state index is 13.1. The van der Waals surface area contributed by atoms with E-state index in [2.05, 4.69) is 20.4 Å². The van der Waals surface area contributed by atoms with Gasteiger partial charge in [-0.1, -0.05) is 0 Å². The van der Waals surface area contributed by atoms with Crippen LogP contribution in [-0.2, 0) is 16.6 Å². The third-order valence-corrected chi connectivity index (χ3v) is 6.61. The molecule has 146 valence electrons. The molecule has 0 aliphatic carbocycles. The van der Waals surface area contributed by atoms with Crippen LogP contribution in [0.1, 0.15) is 12.8 Å². The van der Waals surface area contributed by atoms with Gasteiger partial charge in [0.1, 0.15) is 5.82 Å². The standard InChI is InChI=1S/C18H19FN6O2S/c19-16-5-7-17(8-6-16)28(26,27)24-10-2-3-14(12-24)13-25-22-18(21-23-25)15-4-1-9-20-11-15/h1,4-9,11,14H,2-3,10,12-13H2/t14-/m0/s1. The molecule has 3 aromatic rings. The Hall–Kier alpha value is -2.72. The Morgan fingerprint density at radius 3 is 2.75 bits per heavy atom.